The number of aryl methyl sites for hydroxylation is 2. The molecule has 1 saturated carbocycles. The summed E-state index contributed by atoms with van der Waals surface area (Å²) >= 11 is 6.34. The molecule has 1 heterocycles. The number of nitrogens with one attached hydrogen (secondary N) is 1. The monoisotopic (exact) mass is 269 g/mol. The summed E-state index contributed by atoms with van der Waals surface area (Å²) in [5, 5.41) is 8.94. The van der Waals surface area contributed by atoms with Crippen molar-refractivity contribution in [2.75, 3.05) is 6.54 Å². The van der Waals surface area contributed by atoms with Crippen LogP contribution in [0.4, 0.5) is 0 Å². The molecule has 1 N–H and O–H groups in total. The number of aromatic nitrogens is 2. The highest BCUT2D eigenvalue weighted by atomic mass is 35.5. The third-order valence-electron chi connectivity index (χ3n) is 4.03. The highest BCUT2D eigenvalue weighted by Gasteiger charge is 2.28. The third kappa shape index (κ3) is 2.89. The Kier molecular flexibility index (Phi) is 4.68. The minimum Gasteiger partial charge on any atom is -0.314 e. The summed E-state index contributed by atoms with van der Waals surface area (Å²) < 4.78 is 1.95. The van der Waals surface area contributed by atoms with E-state index in [0.29, 0.717) is 12.0 Å². The van der Waals surface area contributed by atoms with Crippen molar-refractivity contribution >= 4 is 11.6 Å². The Morgan fingerprint density at radius 3 is 2.83 bits per heavy atom. The average Bonchev–Trinajstić information content (AvgIpc) is 2.87. The average molecular weight is 270 g/mol. The maximum absolute atomic E-state index is 6.34. The van der Waals surface area contributed by atoms with Gasteiger partial charge in [-0.2, -0.15) is 5.10 Å². The maximum Gasteiger partial charge on any atom is 0.0847 e. The van der Waals surface area contributed by atoms with E-state index in [-0.39, 0.29) is 0 Å². The van der Waals surface area contributed by atoms with Crippen molar-refractivity contribution in [1.29, 1.82) is 0 Å². The van der Waals surface area contributed by atoms with Crippen LogP contribution in [0.25, 0.3) is 0 Å². The predicted molar refractivity (Wildman–Crippen MR) is 76.1 cm³/mol. The van der Waals surface area contributed by atoms with Crippen LogP contribution in [0.15, 0.2) is 0 Å². The van der Waals surface area contributed by atoms with E-state index in [1.54, 1.807) is 0 Å². The Hall–Kier alpha value is -0.540. The van der Waals surface area contributed by atoms with Crippen molar-refractivity contribution < 1.29 is 0 Å². The molecule has 2 unspecified atom stereocenters. The molecular formula is C14H24ClN3. The molecular weight excluding hydrogens is 246 g/mol. The lowest BCUT2D eigenvalue weighted by atomic mass is 9.97. The summed E-state index contributed by atoms with van der Waals surface area (Å²) in [5.41, 5.74) is 2.15. The molecule has 1 aliphatic rings. The summed E-state index contributed by atoms with van der Waals surface area (Å²) in [5.74, 6) is 0.712. The lowest BCUT2D eigenvalue weighted by Crippen LogP contribution is -2.34. The van der Waals surface area contributed by atoms with Gasteiger partial charge in [0.05, 0.1) is 16.4 Å². The molecule has 1 aliphatic carbocycles. The molecule has 2 atom stereocenters. The van der Waals surface area contributed by atoms with E-state index in [2.05, 4.69) is 17.3 Å². The van der Waals surface area contributed by atoms with Crippen LogP contribution in [0.2, 0.25) is 5.02 Å². The zero-order chi connectivity index (χ0) is 13.1. The quantitative estimate of drug-likeness (QED) is 0.890. The molecule has 0 saturated heterocycles. The van der Waals surface area contributed by atoms with Gasteiger partial charge in [0, 0.05) is 13.1 Å². The highest BCUT2D eigenvalue weighted by molar-refractivity contribution is 6.31. The number of halogens is 1. The van der Waals surface area contributed by atoms with E-state index in [1.807, 2.05) is 18.7 Å². The minimum atomic E-state index is 0.663. The van der Waals surface area contributed by atoms with Crippen molar-refractivity contribution in [3.05, 3.63) is 16.4 Å². The van der Waals surface area contributed by atoms with E-state index < -0.39 is 0 Å². The molecule has 2 rings (SSSR count). The SMILES string of the molecule is CCCNC1CCCC1Cc1c(Cl)c(C)nn1C. The Bertz CT molecular complexity index is 400. The van der Waals surface area contributed by atoms with Crippen molar-refractivity contribution in [2.24, 2.45) is 13.0 Å². The molecule has 3 nitrogen and oxygen atoms in total. The zero-order valence-electron chi connectivity index (χ0n) is 11.7. The molecule has 1 aromatic rings. The van der Waals surface area contributed by atoms with Crippen LogP contribution >= 0.6 is 11.6 Å². The van der Waals surface area contributed by atoms with Crippen LogP contribution in [0.3, 0.4) is 0 Å². The number of rotatable bonds is 5. The van der Waals surface area contributed by atoms with E-state index >= 15 is 0 Å². The van der Waals surface area contributed by atoms with Crippen LogP contribution < -0.4 is 5.32 Å². The Morgan fingerprint density at radius 1 is 1.44 bits per heavy atom. The standard InChI is InChI=1S/C14H24ClN3/c1-4-8-16-12-7-5-6-11(12)9-13-14(15)10(2)17-18(13)3/h11-12,16H,4-9H2,1-3H3. The van der Waals surface area contributed by atoms with E-state index in [1.165, 1.54) is 31.4 Å². The largest absolute Gasteiger partial charge is 0.314 e. The van der Waals surface area contributed by atoms with Gasteiger partial charge in [-0.05, 0) is 45.1 Å². The summed E-state index contributed by atoms with van der Waals surface area (Å²) in [6.07, 6.45) is 6.20. The highest BCUT2D eigenvalue weighted by Crippen LogP contribution is 2.31. The lowest BCUT2D eigenvalue weighted by Gasteiger charge is -2.21. The predicted octanol–water partition coefficient (Wildman–Crippen LogP) is 3.09. The molecule has 0 radical (unpaired) electrons. The molecule has 0 spiro atoms. The fourth-order valence-corrected chi connectivity index (χ4v) is 3.27. The fourth-order valence-electron chi connectivity index (χ4n) is 3.03. The van der Waals surface area contributed by atoms with Crippen LogP contribution in [0, 0.1) is 12.8 Å². The van der Waals surface area contributed by atoms with Crippen molar-refractivity contribution in [3.8, 4) is 0 Å². The maximum atomic E-state index is 6.34. The van der Waals surface area contributed by atoms with Gasteiger partial charge >= 0.3 is 0 Å². The van der Waals surface area contributed by atoms with Gasteiger partial charge in [-0.3, -0.25) is 4.68 Å². The number of hydrogen-bond acceptors (Lipinski definition) is 2. The first-order chi connectivity index (χ1) is 8.63. The third-order valence-corrected chi connectivity index (χ3v) is 4.52. The van der Waals surface area contributed by atoms with Crippen LogP contribution in [-0.4, -0.2) is 22.4 Å². The van der Waals surface area contributed by atoms with Gasteiger partial charge in [-0.25, -0.2) is 0 Å². The molecule has 1 fully saturated rings. The zero-order valence-corrected chi connectivity index (χ0v) is 12.4. The molecule has 0 aliphatic heterocycles. The normalized spacial score (nSPS) is 23.8. The Morgan fingerprint density at radius 2 is 2.22 bits per heavy atom. The Labute approximate surface area is 115 Å². The van der Waals surface area contributed by atoms with E-state index in [0.717, 1.165) is 23.7 Å². The van der Waals surface area contributed by atoms with Gasteiger partial charge in [0.15, 0.2) is 0 Å². The summed E-state index contributed by atoms with van der Waals surface area (Å²) in [7, 11) is 2.00. The van der Waals surface area contributed by atoms with Gasteiger partial charge < -0.3 is 5.32 Å². The molecule has 18 heavy (non-hydrogen) atoms. The molecule has 102 valence electrons. The van der Waals surface area contributed by atoms with Crippen molar-refractivity contribution in [1.82, 2.24) is 15.1 Å². The van der Waals surface area contributed by atoms with Gasteiger partial charge in [0.2, 0.25) is 0 Å². The molecule has 0 bridgehead atoms. The fraction of sp³-hybridized carbons (Fsp3) is 0.786. The second-order valence-corrected chi connectivity index (χ2v) is 5.80. The second kappa shape index (κ2) is 6.07. The molecule has 0 aromatic carbocycles. The molecule has 1 aromatic heterocycles. The van der Waals surface area contributed by atoms with Crippen LogP contribution in [0.1, 0.15) is 44.0 Å². The van der Waals surface area contributed by atoms with E-state index in [9.17, 15) is 0 Å². The van der Waals surface area contributed by atoms with E-state index in [4.69, 9.17) is 11.6 Å². The van der Waals surface area contributed by atoms with Crippen LogP contribution in [0.5, 0.6) is 0 Å². The first-order valence-corrected chi connectivity index (χ1v) is 7.42. The second-order valence-electron chi connectivity index (χ2n) is 5.43. The van der Waals surface area contributed by atoms with Gasteiger partial charge in [0.1, 0.15) is 0 Å². The lowest BCUT2D eigenvalue weighted by molar-refractivity contribution is 0.391. The molecule has 0 amide bonds. The topological polar surface area (TPSA) is 29.9 Å². The van der Waals surface area contributed by atoms with Gasteiger partial charge in [-0.15, -0.1) is 0 Å². The smallest absolute Gasteiger partial charge is 0.0847 e. The van der Waals surface area contributed by atoms with Gasteiger partial charge in [-0.1, -0.05) is 24.9 Å². The van der Waals surface area contributed by atoms with Crippen molar-refractivity contribution in [3.63, 3.8) is 0 Å². The van der Waals surface area contributed by atoms with Gasteiger partial charge in [0.25, 0.3) is 0 Å². The molecule has 4 heteroatoms. The van der Waals surface area contributed by atoms with Crippen molar-refractivity contribution in [2.45, 2.75) is 52.0 Å². The first-order valence-electron chi connectivity index (χ1n) is 7.04. The Balaban J connectivity index is 2.03. The number of hydrogen-bond donors (Lipinski definition) is 1. The summed E-state index contributed by atoms with van der Waals surface area (Å²) in [6.45, 7) is 5.32. The van der Waals surface area contributed by atoms with Crippen LogP contribution in [-0.2, 0) is 13.5 Å². The first kappa shape index (κ1) is 13.9. The minimum absolute atomic E-state index is 0.663. The number of nitrogens with zero attached hydrogens (tertiary/aromatic N) is 2. The summed E-state index contributed by atoms with van der Waals surface area (Å²) in [6, 6.07) is 0.663. The summed E-state index contributed by atoms with van der Waals surface area (Å²) in [4.78, 5) is 0.